The van der Waals surface area contributed by atoms with Gasteiger partial charge in [-0.3, -0.25) is 4.79 Å². The Kier molecular flexibility index (Phi) is 8.87. The molecule has 0 saturated carbocycles. The monoisotopic (exact) mass is 606 g/mol. The number of aromatic nitrogens is 4. The average molecular weight is 608 g/mol. The van der Waals surface area contributed by atoms with Crippen LogP contribution in [-0.2, 0) is 20.8 Å². The molecule has 2 aromatic heterocycles. The van der Waals surface area contributed by atoms with E-state index in [2.05, 4.69) is 30.5 Å². The van der Waals surface area contributed by atoms with E-state index in [0.717, 1.165) is 64.8 Å². The number of piperidine rings is 1. The maximum absolute atomic E-state index is 12.4. The smallest absolute Gasteiger partial charge is 0.248 e. The van der Waals surface area contributed by atoms with E-state index in [4.69, 9.17) is 29.7 Å². The maximum atomic E-state index is 12.4. The number of nitrogen functional groups attached to an aromatic ring is 1. The summed E-state index contributed by atoms with van der Waals surface area (Å²) in [5, 5.41) is 0.783. The molecule has 11 nitrogen and oxygen atoms in total. The normalized spacial score (nSPS) is 15.8. The molecule has 2 aliphatic rings. The molecule has 0 radical (unpaired) electrons. The second-order valence-corrected chi connectivity index (χ2v) is 11.0. The lowest BCUT2D eigenvalue weighted by Gasteiger charge is -2.32. The number of methoxy groups -OCH3 is 1. The summed E-state index contributed by atoms with van der Waals surface area (Å²) in [6.45, 7) is 4.28. The molecule has 0 unspecified atom stereocenters. The van der Waals surface area contributed by atoms with Crippen LogP contribution in [0.1, 0.15) is 19.3 Å². The van der Waals surface area contributed by atoms with E-state index in [1.165, 1.54) is 18.1 Å². The van der Waals surface area contributed by atoms with E-state index >= 15 is 0 Å². The largest absolute Gasteiger partial charge is 0.486 e. The van der Waals surface area contributed by atoms with Crippen molar-refractivity contribution in [1.29, 1.82) is 0 Å². The molecule has 3 aromatic rings. The van der Waals surface area contributed by atoms with Gasteiger partial charge in [0.1, 0.15) is 26.1 Å². The van der Waals surface area contributed by atoms with Crippen LogP contribution in [-0.4, -0.2) is 83.6 Å². The molecular weight excluding hydrogens is 576 g/mol. The van der Waals surface area contributed by atoms with Crippen molar-refractivity contribution in [2.45, 2.75) is 35.9 Å². The van der Waals surface area contributed by atoms with Crippen LogP contribution in [0.2, 0.25) is 0 Å². The Balaban J connectivity index is 1.26. The van der Waals surface area contributed by atoms with Crippen LogP contribution in [0.15, 0.2) is 33.0 Å². The molecule has 38 heavy (non-hydrogen) atoms. The van der Waals surface area contributed by atoms with E-state index in [9.17, 15) is 4.79 Å². The zero-order valence-corrected chi connectivity index (χ0v) is 23.6. The summed E-state index contributed by atoms with van der Waals surface area (Å²) in [6, 6.07) is 3.89. The quantitative estimate of drug-likeness (QED) is 0.343. The van der Waals surface area contributed by atoms with Gasteiger partial charge in [-0.1, -0.05) is 11.8 Å². The van der Waals surface area contributed by atoms with Crippen LogP contribution in [0.3, 0.4) is 0 Å². The maximum Gasteiger partial charge on any atom is 0.248 e. The van der Waals surface area contributed by atoms with Crippen LogP contribution < -0.4 is 15.2 Å². The third-order valence-electron chi connectivity index (χ3n) is 6.71. The summed E-state index contributed by atoms with van der Waals surface area (Å²) in [6.07, 6.45) is 4.31. The van der Waals surface area contributed by atoms with Crippen molar-refractivity contribution in [1.82, 2.24) is 24.4 Å². The van der Waals surface area contributed by atoms with Crippen molar-refractivity contribution in [2.24, 2.45) is 5.92 Å². The molecule has 1 saturated heterocycles. The third-order valence-corrected chi connectivity index (χ3v) is 8.68. The number of benzene rings is 1. The number of halogens is 1. The van der Waals surface area contributed by atoms with Gasteiger partial charge < -0.3 is 34.1 Å². The minimum atomic E-state index is 0.0380. The van der Waals surface area contributed by atoms with Gasteiger partial charge in [-0.15, -0.1) is 0 Å². The summed E-state index contributed by atoms with van der Waals surface area (Å²) in [5.41, 5.74) is 7.46. The molecule has 2 aliphatic heterocycles. The van der Waals surface area contributed by atoms with Crippen LogP contribution >= 0.6 is 27.7 Å². The highest BCUT2D eigenvalue weighted by Crippen LogP contribution is 2.42. The zero-order valence-electron chi connectivity index (χ0n) is 21.2. The van der Waals surface area contributed by atoms with Crippen molar-refractivity contribution in [2.75, 3.05) is 59.0 Å². The molecule has 204 valence electrons. The third kappa shape index (κ3) is 6.16. The van der Waals surface area contributed by atoms with E-state index < -0.39 is 0 Å². The van der Waals surface area contributed by atoms with Gasteiger partial charge in [0.05, 0.1) is 13.2 Å². The van der Waals surface area contributed by atoms with Gasteiger partial charge in [-0.25, -0.2) is 15.0 Å². The average Bonchev–Trinajstić information content (AvgIpc) is 3.28. The van der Waals surface area contributed by atoms with Gasteiger partial charge in [0.15, 0.2) is 33.6 Å². The number of nitrogens with zero attached hydrogens (tertiary/aromatic N) is 5. The van der Waals surface area contributed by atoms with E-state index in [1.54, 1.807) is 7.11 Å². The molecule has 4 heterocycles. The second kappa shape index (κ2) is 12.5. The lowest BCUT2D eigenvalue weighted by Crippen LogP contribution is -2.40. The number of anilines is 1. The summed E-state index contributed by atoms with van der Waals surface area (Å²) in [7, 11) is 1.61. The zero-order chi connectivity index (χ0) is 26.5. The van der Waals surface area contributed by atoms with Crippen LogP contribution in [0.5, 0.6) is 11.5 Å². The fraction of sp³-hybridized carbons (Fsp3) is 0.520. The first-order valence-electron chi connectivity index (χ1n) is 12.6. The Hall–Kier alpha value is -2.61. The fourth-order valence-electron chi connectivity index (χ4n) is 4.61. The molecular formula is C25H31BrN6O5S. The standard InChI is InChI=1S/C25H31BrN6O5S/c1-34-8-9-35-14-21(33)31-5-2-16(3-6-31)4-7-32-24-22(23(27)28-15-29-24)30-25(32)38-20-13-19-18(12-17(20)26)36-10-11-37-19/h12-13,15-16H,2-11,14H2,1H3,(H2,27,28,29). The molecule has 1 amide bonds. The molecule has 1 aromatic carbocycles. The van der Waals surface area contributed by atoms with Crippen molar-refractivity contribution in [3.63, 3.8) is 0 Å². The van der Waals surface area contributed by atoms with Gasteiger partial charge in [0.2, 0.25) is 5.91 Å². The molecule has 13 heteroatoms. The van der Waals surface area contributed by atoms with Gasteiger partial charge in [0, 0.05) is 36.1 Å². The molecule has 2 N–H and O–H groups in total. The van der Waals surface area contributed by atoms with Crippen molar-refractivity contribution >= 4 is 50.6 Å². The van der Waals surface area contributed by atoms with Crippen LogP contribution in [0.4, 0.5) is 5.82 Å². The summed E-state index contributed by atoms with van der Waals surface area (Å²) in [4.78, 5) is 28.7. The Morgan fingerprint density at radius 1 is 1.18 bits per heavy atom. The van der Waals surface area contributed by atoms with E-state index in [-0.39, 0.29) is 12.5 Å². The number of fused-ring (bicyclic) bond motifs is 2. The number of hydrogen-bond acceptors (Lipinski definition) is 10. The first-order valence-corrected chi connectivity index (χ1v) is 14.2. The number of imidazole rings is 1. The highest BCUT2D eigenvalue weighted by molar-refractivity contribution is 9.10. The highest BCUT2D eigenvalue weighted by atomic mass is 79.9. The number of likely N-dealkylation sites (tertiary alicyclic amines) is 1. The Labute approximate surface area is 233 Å². The van der Waals surface area contributed by atoms with Crippen molar-refractivity contribution in [3.05, 3.63) is 22.9 Å². The van der Waals surface area contributed by atoms with Gasteiger partial charge in [-0.05, 0) is 53.2 Å². The molecule has 1 fully saturated rings. The summed E-state index contributed by atoms with van der Waals surface area (Å²) in [5.74, 6) is 2.33. The van der Waals surface area contributed by atoms with Gasteiger partial charge in [-0.2, -0.15) is 0 Å². The topological polar surface area (TPSA) is 127 Å². The predicted octanol–water partition coefficient (Wildman–Crippen LogP) is 3.39. The predicted molar refractivity (Wildman–Crippen MR) is 146 cm³/mol. The van der Waals surface area contributed by atoms with Crippen molar-refractivity contribution in [3.8, 4) is 11.5 Å². The van der Waals surface area contributed by atoms with Crippen molar-refractivity contribution < 1.29 is 23.7 Å². The first kappa shape index (κ1) is 27.0. The summed E-state index contributed by atoms with van der Waals surface area (Å²) >= 11 is 5.18. The molecule has 0 bridgehead atoms. The fourth-order valence-corrected chi connectivity index (χ4v) is 6.12. The highest BCUT2D eigenvalue weighted by Gasteiger charge is 2.25. The van der Waals surface area contributed by atoms with Gasteiger partial charge >= 0.3 is 0 Å². The number of carbonyl (C=O) groups excluding carboxylic acids is 1. The number of amides is 1. The number of carbonyl (C=O) groups is 1. The molecule has 0 atom stereocenters. The first-order chi connectivity index (χ1) is 18.5. The lowest BCUT2D eigenvalue weighted by molar-refractivity contribution is -0.138. The number of aryl methyl sites for hydroxylation is 1. The molecule has 5 rings (SSSR count). The SMILES string of the molecule is COCCOCC(=O)N1CCC(CCn2c(Sc3cc4c(cc3Br)OCCO4)nc3c(N)ncnc32)CC1. The molecule has 0 aliphatic carbocycles. The van der Waals surface area contributed by atoms with Crippen LogP contribution in [0.25, 0.3) is 11.2 Å². The van der Waals surface area contributed by atoms with E-state index in [1.807, 2.05) is 17.0 Å². The minimum Gasteiger partial charge on any atom is -0.486 e. The van der Waals surface area contributed by atoms with Crippen LogP contribution in [0, 0.1) is 5.92 Å². The number of nitrogens with two attached hydrogens (primary N) is 1. The van der Waals surface area contributed by atoms with Gasteiger partial charge in [0.25, 0.3) is 0 Å². The number of rotatable bonds is 10. The van der Waals surface area contributed by atoms with E-state index in [0.29, 0.717) is 49.4 Å². The second-order valence-electron chi connectivity index (χ2n) is 9.16. The number of hydrogen-bond donors (Lipinski definition) is 1. The summed E-state index contributed by atoms with van der Waals surface area (Å²) < 4.78 is 24.8. The Bertz CT molecular complexity index is 1280. The number of ether oxygens (including phenoxy) is 4. The Morgan fingerprint density at radius 2 is 1.95 bits per heavy atom. The minimum absolute atomic E-state index is 0.0380. The Morgan fingerprint density at radius 3 is 2.71 bits per heavy atom. The lowest BCUT2D eigenvalue weighted by atomic mass is 9.93. The molecule has 0 spiro atoms.